The molecule has 9 aromatic rings. The summed E-state index contributed by atoms with van der Waals surface area (Å²) < 4.78 is 65.1. The number of aromatic nitrogens is 12. The number of rotatable bonds is 16. The Morgan fingerprint density at radius 3 is 1.43 bits per heavy atom. The first-order valence-electron chi connectivity index (χ1n) is 28.9. The van der Waals surface area contributed by atoms with Gasteiger partial charge in [0.15, 0.2) is 16.9 Å². The minimum atomic E-state index is -3.95. The molecule has 3 aliphatic carbocycles. The van der Waals surface area contributed by atoms with E-state index in [0.717, 1.165) is 117 Å². The van der Waals surface area contributed by atoms with Crippen LogP contribution in [0, 0.1) is 11.8 Å². The van der Waals surface area contributed by atoms with Crippen LogP contribution in [0.1, 0.15) is 144 Å². The predicted molar refractivity (Wildman–Crippen MR) is 307 cm³/mol. The van der Waals surface area contributed by atoms with Crippen LogP contribution in [0.15, 0.2) is 120 Å². The molecule has 3 saturated heterocycles. The first kappa shape index (κ1) is 52.0. The number of carbonyl (C=O) groups excluding carboxylic acids is 1. The first-order valence-corrected chi connectivity index (χ1v) is 31.9. The van der Waals surface area contributed by atoms with Gasteiger partial charge < -0.3 is 21.3 Å². The second-order valence-electron chi connectivity index (χ2n) is 23.4. The van der Waals surface area contributed by atoms with E-state index in [4.69, 9.17) is 25.1 Å². The summed E-state index contributed by atoms with van der Waals surface area (Å²) in [5.41, 5.74) is 8.27. The highest BCUT2D eigenvalue weighted by molar-refractivity contribution is 7.93. The van der Waals surface area contributed by atoms with Crippen LogP contribution in [0.4, 0.5) is 17.5 Å². The molecule has 0 bridgehead atoms. The van der Waals surface area contributed by atoms with Gasteiger partial charge in [0.1, 0.15) is 27.2 Å². The van der Waals surface area contributed by atoms with Gasteiger partial charge in [-0.05, 0) is 143 Å². The maximum atomic E-state index is 13.8. The Hall–Kier alpha value is -7.84. The fourth-order valence-corrected chi connectivity index (χ4v) is 15.3. The molecule has 9 aromatic heterocycles. The highest BCUT2D eigenvalue weighted by Crippen LogP contribution is 2.54. The van der Waals surface area contributed by atoms with Crippen molar-refractivity contribution in [2.45, 2.75) is 122 Å². The van der Waals surface area contributed by atoms with Crippen LogP contribution in [-0.2, 0) is 20.0 Å². The van der Waals surface area contributed by atoms with E-state index in [0.29, 0.717) is 65.2 Å². The Bertz CT molecular complexity index is 4160. The largest absolute Gasteiger partial charge is 0.317 e. The third-order valence-electron chi connectivity index (χ3n) is 18.1. The van der Waals surface area contributed by atoms with Crippen LogP contribution < -0.4 is 30.7 Å². The summed E-state index contributed by atoms with van der Waals surface area (Å²) in [6.45, 7) is 3.13. The zero-order chi connectivity index (χ0) is 56.0. The number of nitrogens with one attached hydrogen (secondary N) is 6. The molecule has 15 rings (SSSR count). The number of sulfonamides is 2. The van der Waals surface area contributed by atoms with Gasteiger partial charge in [-0.25, -0.2) is 31.8 Å². The standard InChI is InChI=1S/C58H62N18O5S2/c77-58(37-4-1-15-60-25-37)71-52-22-50(35-9-11-47(63-26-35)43-21-41(43)46-32-67-76-53(72-82(78,79)38-5-2-16-61-28-38)23-49(68-57(46)76)34-13-18-59-19-14-34)70-56-45(31-66-74(52)56)40-20-42(40)48-12-10-36(27-64-48)51-24-54(73-83(80,81)39-6-3-17-62-29-39)75-55(69-51)44(30-65-75)33-7-8-33/h1-6,15-17,22-25,28-36,40-43,47-48,59,63-64,72-73H,7-14,18-21,26-27H2,(H,71,77). The lowest BCUT2D eigenvalue weighted by molar-refractivity contribution is 0.102. The molecule has 23 nitrogen and oxygen atoms in total. The summed E-state index contributed by atoms with van der Waals surface area (Å²) in [6, 6.07) is 15.9. The van der Waals surface area contributed by atoms with Gasteiger partial charge in [-0.15, -0.1) is 0 Å². The van der Waals surface area contributed by atoms with Gasteiger partial charge >= 0.3 is 0 Å². The van der Waals surface area contributed by atoms with Crippen molar-refractivity contribution in [1.29, 1.82) is 0 Å². The van der Waals surface area contributed by atoms with E-state index in [-0.39, 0.29) is 57.4 Å². The third-order valence-corrected chi connectivity index (χ3v) is 20.8. The van der Waals surface area contributed by atoms with Crippen LogP contribution in [0.5, 0.6) is 0 Å². The molecule has 426 valence electrons. The van der Waals surface area contributed by atoms with Crippen LogP contribution in [-0.4, -0.2) is 120 Å². The van der Waals surface area contributed by atoms with E-state index >= 15 is 0 Å². The van der Waals surface area contributed by atoms with Crippen LogP contribution in [0.2, 0.25) is 0 Å². The number of amides is 1. The molecule has 8 atom stereocenters. The molecule has 1 amide bonds. The molecule has 6 fully saturated rings. The summed E-state index contributed by atoms with van der Waals surface area (Å²) in [5.74, 6) is 2.77. The van der Waals surface area contributed by atoms with Crippen molar-refractivity contribution in [3.63, 3.8) is 0 Å². The lowest BCUT2D eigenvalue weighted by atomic mass is 9.89. The highest BCUT2D eigenvalue weighted by atomic mass is 32.2. The molecular formula is C58H62N18O5S2. The molecule has 83 heavy (non-hydrogen) atoms. The molecular weight excluding hydrogens is 1090 g/mol. The normalized spacial score (nSPS) is 24.9. The monoisotopic (exact) mass is 1150 g/mol. The third kappa shape index (κ3) is 10.0. The summed E-state index contributed by atoms with van der Waals surface area (Å²) in [6.07, 6.45) is 24.0. The molecule has 0 aromatic carbocycles. The molecule has 0 radical (unpaired) electrons. The van der Waals surface area contributed by atoms with Crippen molar-refractivity contribution < 1.29 is 21.6 Å². The summed E-state index contributed by atoms with van der Waals surface area (Å²) in [7, 11) is -7.89. The molecule has 25 heteroatoms. The van der Waals surface area contributed by atoms with Gasteiger partial charge in [0.2, 0.25) is 0 Å². The summed E-state index contributed by atoms with van der Waals surface area (Å²) >= 11 is 0. The van der Waals surface area contributed by atoms with E-state index in [1.165, 1.54) is 24.5 Å². The topological polar surface area (TPSA) is 287 Å². The van der Waals surface area contributed by atoms with E-state index in [1.54, 1.807) is 62.6 Å². The van der Waals surface area contributed by atoms with Gasteiger partial charge in [-0.1, -0.05) is 0 Å². The number of carbonyl (C=O) groups is 1. The van der Waals surface area contributed by atoms with Gasteiger partial charge in [0, 0.05) is 121 Å². The Balaban J connectivity index is 0.653. The predicted octanol–water partition coefficient (Wildman–Crippen LogP) is 6.48. The number of nitrogens with zero attached hydrogens (tertiary/aromatic N) is 12. The average molecular weight is 1160 g/mol. The highest BCUT2D eigenvalue weighted by Gasteiger charge is 2.48. The first-order chi connectivity index (χ1) is 40.5. The van der Waals surface area contributed by atoms with E-state index in [9.17, 15) is 21.6 Å². The molecule has 3 aliphatic heterocycles. The summed E-state index contributed by atoms with van der Waals surface area (Å²) in [5, 5.41) is 28.6. The second kappa shape index (κ2) is 20.8. The van der Waals surface area contributed by atoms with Crippen molar-refractivity contribution in [2.75, 3.05) is 40.9 Å². The maximum Gasteiger partial charge on any atom is 0.264 e. The van der Waals surface area contributed by atoms with E-state index in [1.807, 2.05) is 36.8 Å². The lowest BCUT2D eigenvalue weighted by Gasteiger charge is -2.30. The second-order valence-corrected chi connectivity index (χ2v) is 26.7. The molecule has 8 unspecified atom stereocenters. The van der Waals surface area contributed by atoms with Gasteiger partial charge in [0.25, 0.3) is 26.0 Å². The van der Waals surface area contributed by atoms with Crippen LogP contribution in [0.3, 0.4) is 0 Å². The lowest BCUT2D eigenvalue weighted by Crippen LogP contribution is -2.40. The Morgan fingerprint density at radius 1 is 0.506 bits per heavy atom. The Kier molecular flexibility index (Phi) is 13.0. The molecule has 0 spiro atoms. The molecule has 3 saturated carbocycles. The number of fused-ring (bicyclic) bond motifs is 3. The van der Waals surface area contributed by atoms with Crippen molar-refractivity contribution in [2.24, 2.45) is 11.8 Å². The minimum absolute atomic E-state index is 0.0571. The SMILES string of the molecule is O=C(Nc1cc(C2CCC(C3CC3c3cnn4c(NS(=O)(=O)c5cccnc5)cc(C5CCNCC5)nc34)NC2)nc2c(C3CC3C3CCC(c4cc(NS(=O)(=O)c5cccnc5)n5ncc(C6CC6)c5n4)CN3)cnn12)c1cccnc1. The summed E-state index contributed by atoms with van der Waals surface area (Å²) in [4.78, 5) is 42.0. The fraction of sp³-hybridized carbons (Fsp3) is 0.414. The number of hydrogen-bond acceptors (Lipinski definition) is 17. The van der Waals surface area contributed by atoms with Crippen molar-refractivity contribution >= 4 is 60.3 Å². The number of hydrogen-bond donors (Lipinski definition) is 6. The number of pyridine rings is 3. The van der Waals surface area contributed by atoms with Crippen molar-refractivity contribution in [3.05, 3.63) is 150 Å². The van der Waals surface area contributed by atoms with Crippen molar-refractivity contribution in [3.8, 4) is 0 Å². The van der Waals surface area contributed by atoms with Gasteiger partial charge in [0.05, 0.1) is 35.5 Å². The Labute approximate surface area is 478 Å². The number of piperidine rings is 3. The zero-order valence-electron chi connectivity index (χ0n) is 45.3. The van der Waals surface area contributed by atoms with E-state index in [2.05, 4.69) is 50.8 Å². The smallest absolute Gasteiger partial charge is 0.264 e. The molecule has 6 aliphatic rings. The minimum Gasteiger partial charge on any atom is -0.317 e. The average Bonchev–Trinajstić information content (AvgIpc) is 4.43. The Morgan fingerprint density at radius 2 is 0.964 bits per heavy atom. The molecule has 12 heterocycles. The number of anilines is 3. The fourth-order valence-electron chi connectivity index (χ4n) is 13.3. The van der Waals surface area contributed by atoms with Gasteiger partial charge in [-0.2, -0.15) is 28.8 Å². The maximum absolute atomic E-state index is 13.8. The van der Waals surface area contributed by atoms with Gasteiger partial charge in [-0.3, -0.25) is 29.2 Å². The van der Waals surface area contributed by atoms with Crippen LogP contribution >= 0.6 is 0 Å². The quantitative estimate of drug-likeness (QED) is 0.0604. The van der Waals surface area contributed by atoms with Crippen LogP contribution in [0.25, 0.3) is 16.9 Å². The van der Waals surface area contributed by atoms with Crippen molar-refractivity contribution in [1.82, 2.24) is 74.7 Å². The van der Waals surface area contributed by atoms with E-state index < -0.39 is 20.0 Å². The zero-order valence-corrected chi connectivity index (χ0v) is 46.9. The molecule has 6 N–H and O–H groups in total.